The van der Waals surface area contributed by atoms with E-state index in [1.54, 1.807) is 0 Å². The molecule has 0 unspecified atom stereocenters. The van der Waals surface area contributed by atoms with Crippen LogP contribution in [0.25, 0.3) is 0 Å². The van der Waals surface area contributed by atoms with Gasteiger partial charge in [0.1, 0.15) is 0 Å². The minimum Gasteiger partial charge on any atom is -0.318 e. The largest absolute Gasteiger partial charge is 0.318 e. The molecule has 3 nitrogen and oxygen atoms in total. The Morgan fingerprint density at radius 3 is 2.70 bits per heavy atom. The summed E-state index contributed by atoms with van der Waals surface area (Å²) in [5, 5.41) is 2.91. The molecule has 0 aromatic heterocycles. The van der Waals surface area contributed by atoms with Crippen LogP contribution in [0.3, 0.4) is 0 Å². The minimum atomic E-state index is -0.0846. The first-order chi connectivity index (χ1) is 4.66. The zero-order valence-corrected chi connectivity index (χ0v) is 7.32. The van der Waals surface area contributed by atoms with Gasteiger partial charge in [-0.25, -0.2) is 0 Å². The van der Waals surface area contributed by atoms with Crippen molar-refractivity contribution in [3.05, 3.63) is 0 Å². The maximum Gasteiger partial charge on any atom is 0.199 e. The van der Waals surface area contributed by atoms with Crippen LogP contribution in [0.4, 0.5) is 0 Å². The summed E-state index contributed by atoms with van der Waals surface area (Å²) < 4.78 is 0. The molecule has 0 atom stereocenters. The quantitative estimate of drug-likeness (QED) is 0.539. The molecule has 0 saturated carbocycles. The molecule has 0 aromatic rings. The standard InChI is InChI=1S/C6H14N2OS/c1-7-3-4-8(2)5-6(9)10/h7H,3-5H2,1-2H3,(H,9,10). The van der Waals surface area contributed by atoms with Gasteiger partial charge >= 0.3 is 0 Å². The number of thiol groups is 1. The van der Waals surface area contributed by atoms with Crippen LogP contribution in [0, 0.1) is 0 Å². The molecule has 60 valence electrons. The van der Waals surface area contributed by atoms with E-state index >= 15 is 0 Å². The summed E-state index contributed by atoms with van der Waals surface area (Å²) in [6, 6.07) is 0. The van der Waals surface area contributed by atoms with Gasteiger partial charge in [0.05, 0.1) is 6.54 Å². The smallest absolute Gasteiger partial charge is 0.199 e. The Morgan fingerprint density at radius 1 is 1.70 bits per heavy atom. The van der Waals surface area contributed by atoms with Crippen LogP contribution < -0.4 is 5.32 Å². The lowest BCUT2D eigenvalue weighted by atomic mass is 10.5. The normalized spacial score (nSPS) is 10.4. The molecule has 0 rings (SSSR count). The second-order valence-electron chi connectivity index (χ2n) is 2.24. The van der Waals surface area contributed by atoms with Crippen molar-refractivity contribution in [2.24, 2.45) is 0 Å². The third-order valence-corrected chi connectivity index (χ3v) is 1.29. The van der Waals surface area contributed by atoms with E-state index in [9.17, 15) is 4.79 Å². The van der Waals surface area contributed by atoms with Gasteiger partial charge in [-0.2, -0.15) is 0 Å². The molecular weight excluding hydrogens is 148 g/mol. The molecule has 0 aromatic carbocycles. The molecule has 0 bridgehead atoms. The summed E-state index contributed by atoms with van der Waals surface area (Å²) in [6.07, 6.45) is 0. The van der Waals surface area contributed by atoms with Crippen LogP contribution in [0.5, 0.6) is 0 Å². The zero-order valence-electron chi connectivity index (χ0n) is 6.42. The highest BCUT2D eigenvalue weighted by atomic mass is 32.1. The molecule has 0 fully saturated rings. The van der Waals surface area contributed by atoms with Gasteiger partial charge in [0.15, 0.2) is 5.12 Å². The van der Waals surface area contributed by atoms with E-state index in [-0.39, 0.29) is 5.12 Å². The average molecular weight is 162 g/mol. The average Bonchev–Trinajstić information content (AvgIpc) is 1.82. The van der Waals surface area contributed by atoms with E-state index in [0.717, 1.165) is 13.1 Å². The first kappa shape index (κ1) is 9.94. The van der Waals surface area contributed by atoms with Crippen molar-refractivity contribution in [3.63, 3.8) is 0 Å². The summed E-state index contributed by atoms with van der Waals surface area (Å²) in [7, 11) is 3.78. The summed E-state index contributed by atoms with van der Waals surface area (Å²) in [4.78, 5) is 12.3. The molecule has 0 aliphatic carbocycles. The van der Waals surface area contributed by atoms with Gasteiger partial charge in [-0.1, -0.05) is 0 Å². The Morgan fingerprint density at radius 2 is 2.30 bits per heavy atom. The van der Waals surface area contributed by atoms with E-state index in [2.05, 4.69) is 17.9 Å². The molecule has 0 spiro atoms. The Balaban J connectivity index is 3.25. The highest BCUT2D eigenvalue weighted by Crippen LogP contribution is 1.84. The molecule has 0 heterocycles. The van der Waals surface area contributed by atoms with Crippen LogP contribution in [-0.2, 0) is 4.79 Å². The Labute approximate surface area is 67.2 Å². The number of likely N-dealkylation sites (N-methyl/N-ethyl adjacent to an activating group) is 2. The maximum absolute atomic E-state index is 10.4. The Kier molecular flexibility index (Phi) is 5.67. The van der Waals surface area contributed by atoms with E-state index in [0.29, 0.717) is 6.54 Å². The van der Waals surface area contributed by atoms with Gasteiger partial charge in [0.25, 0.3) is 0 Å². The van der Waals surface area contributed by atoms with E-state index in [4.69, 9.17) is 0 Å². The van der Waals surface area contributed by atoms with Crippen molar-refractivity contribution >= 4 is 17.7 Å². The summed E-state index contributed by atoms with van der Waals surface area (Å²) in [6.45, 7) is 2.20. The van der Waals surface area contributed by atoms with Crippen molar-refractivity contribution < 1.29 is 4.79 Å². The van der Waals surface area contributed by atoms with Gasteiger partial charge in [0, 0.05) is 13.1 Å². The maximum atomic E-state index is 10.4. The number of carbonyl (C=O) groups is 1. The topological polar surface area (TPSA) is 32.3 Å². The number of nitrogens with one attached hydrogen (secondary N) is 1. The van der Waals surface area contributed by atoms with Crippen molar-refractivity contribution in [1.29, 1.82) is 0 Å². The lowest BCUT2D eigenvalue weighted by Crippen LogP contribution is -2.30. The SMILES string of the molecule is CNCCN(C)CC(=O)S. The van der Waals surface area contributed by atoms with Crippen molar-refractivity contribution in [3.8, 4) is 0 Å². The number of rotatable bonds is 5. The number of hydrogen-bond donors (Lipinski definition) is 2. The van der Waals surface area contributed by atoms with Crippen LogP contribution in [0.2, 0.25) is 0 Å². The lowest BCUT2D eigenvalue weighted by Gasteiger charge is -2.12. The fourth-order valence-corrected chi connectivity index (χ4v) is 0.854. The van der Waals surface area contributed by atoms with Gasteiger partial charge < -0.3 is 5.32 Å². The highest BCUT2D eigenvalue weighted by molar-refractivity contribution is 7.96. The van der Waals surface area contributed by atoms with Crippen LogP contribution >= 0.6 is 12.6 Å². The molecule has 0 amide bonds. The third kappa shape index (κ3) is 6.07. The second kappa shape index (κ2) is 5.70. The highest BCUT2D eigenvalue weighted by Gasteiger charge is 1.99. The predicted octanol–water partition coefficient (Wildman–Crippen LogP) is -0.406. The monoisotopic (exact) mass is 162 g/mol. The molecular formula is C6H14N2OS. The predicted molar refractivity (Wildman–Crippen MR) is 45.4 cm³/mol. The van der Waals surface area contributed by atoms with Gasteiger partial charge in [0.2, 0.25) is 0 Å². The van der Waals surface area contributed by atoms with E-state index in [1.165, 1.54) is 0 Å². The first-order valence-electron chi connectivity index (χ1n) is 3.21. The van der Waals surface area contributed by atoms with Gasteiger partial charge in [-0.15, -0.1) is 12.6 Å². The van der Waals surface area contributed by atoms with Crippen molar-refractivity contribution in [2.75, 3.05) is 33.7 Å². The van der Waals surface area contributed by atoms with Crippen LogP contribution in [-0.4, -0.2) is 43.7 Å². The minimum absolute atomic E-state index is 0.0846. The molecule has 1 N–H and O–H groups in total. The molecule has 4 heteroatoms. The summed E-state index contributed by atoms with van der Waals surface area (Å²) in [5.74, 6) is 0. The molecule has 0 aliphatic heterocycles. The summed E-state index contributed by atoms with van der Waals surface area (Å²) in [5.41, 5.74) is 0. The van der Waals surface area contributed by atoms with Crippen molar-refractivity contribution in [2.45, 2.75) is 0 Å². The van der Waals surface area contributed by atoms with Crippen molar-refractivity contribution in [1.82, 2.24) is 10.2 Å². The Hall–Kier alpha value is -0.0600. The fourth-order valence-electron chi connectivity index (χ4n) is 0.613. The molecule has 0 saturated heterocycles. The van der Waals surface area contributed by atoms with Gasteiger partial charge in [-0.3, -0.25) is 9.69 Å². The third-order valence-electron chi connectivity index (χ3n) is 1.15. The molecule has 10 heavy (non-hydrogen) atoms. The number of nitrogens with zero attached hydrogens (tertiary/aromatic N) is 1. The van der Waals surface area contributed by atoms with Gasteiger partial charge in [-0.05, 0) is 14.1 Å². The number of carbonyl (C=O) groups excluding carboxylic acids is 1. The molecule has 0 radical (unpaired) electrons. The first-order valence-corrected chi connectivity index (χ1v) is 3.66. The number of hydrogen-bond acceptors (Lipinski definition) is 3. The zero-order chi connectivity index (χ0) is 7.98. The van der Waals surface area contributed by atoms with E-state index < -0.39 is 0 Å². The van der Waals surface area contributed by atoms with Crippen LogP contribution in [0.1, 0.15) is 0 Å². The van der Waals surface area contributed by atoms with E-state index in [1.807, 2.05) is 19.0 Å². The van der Waals surface area contributed by atoms with Crippen LogP contribution in [0.15, 0.2) is 0 Å². The molecule has 0 aliphatic rings. The lowest BCUT2D eigenvalue weighted by molar-refractivity contribution is -0.111. The second-order valence-corrected chi connectivity index (χ2v) is 2.73. The fraction of sp³-hybridized carbons (Fsp3) is 0.833. The summed E-state index contributed by atoms with van der Waals surface area (Å²) >= 11 is 3.66. The Bertz CT molecular complexity index is 108.